The Morgan fingerprint density at radius 1 is 1.23 bits per heavy atom. The van der Waals surface area contributed by atoms with E-state index in [2.05, 4.69) is 0 Å². The molecule has 0 aliphatic carbocycles. The van der Waals surface area contributed by atoms with Gasteiger partial charge in [0.2, 0.25) is 5.91 Å². The van der Waals surface area contributed by atoms with Crippen LogP contribution in [-0.2, 0) is 16.1 Å². The molecule has 6 heteroatoms. The molecule has 0 saturated carbocycles. The molecular formula is C16H16N2O4. The van der Waals surface area contributed by atoms with Crippen molar-refractivity contribution in [2.45, 2.75) is 25.4 Å². The van der Waals surface area contributed by atoms with Crippen LogP contribution in [0.15, 0.2) is 41.3 Å². The molecule has 2 aromatic rings. The van der Waals surface area contributed by atoms with E-state index in [0.29, 0.717) is 30.3 Å². The quantitative estimate of drug-likeness (QED) is 0.920. The van der Waals surface area contributed by atoms with Crippen LogP contribution in [0.25, 0.3) is 10.9 Å². The number of benzene rings is 1. The van der Waals surface area contributed by atoms with E-state index in [9.17, 15) is 14.4 Å². The van der Waals surface area contributed by atoms with Gasteiger partial charge in [0.15, 0.2) is 5.43 Å². The minimum atomic E-state index is -0.962. The Morgan fingerprint density at radius 3 is 2.77 bits per heavy atom. The topological polar surface area (TPSA) is 79.6 Å². The fourth-order valence-corrected chi connectivity index (χ4v) is 2.96. The second-order valence-corrected chi connectivity index (χ2v) is 5.41. The van der Waals surface area contributed by atoms with Crippen molar-refractivity contribution in [1.82, 2.24) is 9.47 Å². The number of likely N-dealkylation sites (tertiary alicyclic amines) is 1. The van der Waals surface area contributed by atoms with Crippen LogP contribution in [-0.4, -0.2) is 39.0 Å². The summed E-state index contributed by atoms with van der Waals surface area (Å²) in [5.41, 5.74) is 0.582. The summed E-state index contributed by atoms with van der Waals surface area (Å²) in [7, 11) is 0. The maximum absolute atomic E-state index is 12.4. The van der Waals surface area contributed by atoms with Gasteiger partial charge in [-0.2, -0.15) is 0 Å². The van der Waals surface area contributed by atoms with Gasteiger partial charge in [-0.25, -0.2) is 4.79 Å². The molecule has 1 aromatic carbocycles. The molecule has 6 nitrogen and oxygen atoms in total. The van der Waals surface area contributed by atoms with E-state index in [1.54, 1.807) is 35.0 Å². The number of carboxylic acid groups (broad SMARTS) is 1. The van der Waals surface area contributed by atoms with E-state index < -0.39 is 12.0 Å². The molecule has 1 aromatic heterocycles. The monoisotopic (exact) mass is 300 g/mol. The summed E-state index contributed by atoms with van der Waals surface area (Å²) in [5, 5.41) is 9.71. The van der Waals surface area contributed by atoms with E-state index in [0.717, 1.165) is 0 Å². The molecule has 1 fully saturated rings. The molecule has 0 bridgehead atoms. The number of aromatic nitrogens is 1. The van der Waals surface area contributed by atoms with Crippen molar-refractivity contribution in [3.05, 3.63) is 46.8 Å². The van der Waals surface area contributed by atoms with Crippen LogP contribution in [0.3, 0.4) is 0 Å². The molecule has 2 heterocycles. The highest BCUT2D eigenvalue weighted by Gasteiger charge is 2.33. The average molecular weight is 300 g/mol. The van der Waals surface area contributed by atoms with Crippen LogP contribution < -0.4 is 5.43 Å². The largest absolute Gasteiger partial charge is 0.480 e. The lowest BCUT2D eigenvalue weighted by atomic mass is 10.2. The van der Waals surface area contributed by atoms with Gasteiger partial charge in [0.1, 0.15) is 12.6 Å². The Labute approximate surface area is 126 Å². The van der Waals surface area contributed by atoms with Gasteiger partial charge in [-0.05, 0) is 25.0 Å². The number of fused-ring (bicyclic) bond motifs is 1. The number of nitrogens with zero attached hydrogens (tertiary/aromatic N) is 2. The van der Waals surface area contributed by atoms with Crippen molar-refractivity contribution in [3.8, 4) is 0 Å². The molecule has 0 radical (unpaired) electrons. The number of para-hydroxylation sites is 1. The highest BCUT2D eigenvalue weighted by atomic mass is 16.4. The molecule has 1 aliphatic heterocycles. The zero-order valence-electron chi connectivity index (χ0n) is 11.9. The smallest absolute Gasteiger partial charge is 0.326 e. The lowest BCUT2D eigenvalue weighted by Gasteiger charge is -2.22. The van der Waals surface area contributed by atoms with E-state index in [1.165, 1.54) is 11.0 Å². The van der Waals surface area contributed by atoms with E-state index in [-0.39, 0.29) is 17.9 Å². The Kier molecular flexibility index (Phi) is 3.66. The molecule has 0 spiro atoms. The number of hydrogen-bond donors (Lipinski definition) is 1. The van der Waals surface area contributed by atoms with Crippen LogP contribution in [0.1, 0.15) is 12.8 Å². The SMILES string of the molecule is O=C(O)C1CCCN1C(=O)Cn1ccc(=O)c2ccccc21. The number of carboxylic acids is 1. The third-order valence-electron chi connectivity index (χ3n) is 4.05. The number of aliphatic carboxylic acids is 1. The van der Waals surface area contributed by atoms with Gasteiger partial charge >= 0.3 is 5.97 Å². The second kappa shape index (κ2) is 5.63. The molecular weight excluding hydrogens is 284 g/mol. The Balaban J connectivity index is 1.90. The third kappa shape index (κ3) is 2.47. The minimum absolute atomic E-state index is 0.0323. The number of carbonyl (C=O) groups excluding carboxylic acids is 1. The van der Waals surface area contributed by atoms with Crippen LogP contribution >= 0.6 is 0 Å². The number of rotatable bonds is 3. The molecule has 3 rings (SSSR count). The molecule has 114 valence electrons. The molecule has 22 heavy (non-hydrogen) atoms. The van der Waals surface area contributed by atoms with Crippen LogP contribution in [0.5, 0.6) is 0 Å². The van der Waals surface area contributed by atoms with Crippen molar-refractivity contribution in [2.24, 2.45) is 0 Å². The molecule has 1 amide bonds. The van der Waals surface area contributed by atoms with Gasteiger partial charge in [-0.3, -0.25) is 9.59 Å². The van der Waals surface area contributed by atoms with Crippen molar-refractivity contribution in [2.75, 3.05) is 6.54 Å². The van der Waals surface area contributed by atoms with E-state index >= 15 is 0 Å². The van der Waals surface area contributed by atoms with Crippen LogP contribution in [0.4, 0.5) is 0 Å². The number of pyridine rings is 1. The predicted octanol–water partition coefficient (Wildman–Crippen LogP) is 1.08. The summed E-state index contributed by atoms with van der Waals surface area (Å²) in [5.74, 6) is -1.20. The van der Waals surface area contributed by atoms with E-state index in [1.807, 2.05) is 0 Å². The average Bonchev–Trinajstić information content (AvgIpc) is 3.00. The Morgan fingerprint density at radius 2 is 2.00 bits per heavy atom. The Bertz CT molecular complexity index is 796. The standard InChI is InChI=1S/C16H16N2O4/c19-14-7-9-17(12-5-2-1-4-11(12)14)10-15(20)18-8-3-6-13(18)16(21)22/h1-2,4-5,7,9,13H,3,6,8,10H2,(H,21,22). The van der Waals surface area contributed by atoms with Crippen LogP contribution in [0.2, 0.25) is 0 Å². The van der Waals surface area contributed by atoms with Crippen LogP contribution in [0, 0.1) is 0 Å². The summed E-state index contributed by atoms with van der Waals surface area (Å²) < 4.78 is 1.69. The first-order valence-electron chi connectivity index (χ1n) is 7.18. The van der Waals surface area contributed by atoms with Gasteiger partial charge in [0.05, 0.1) is 5.52 Å². The lowest BCUT2D eigenvalue weighted by Crippen LogP contribution is -2.42. The fraction of sp³-hybridized carbons (Fsp3) is 0.312. The van der Waals surface area contributed by atoms with E-state index in [4.69, 9.17) is 5.11 Å². The summed E-state index contributed by atoms with van der Waals surface area (Å²) in [6.07, 6.45) is 2.77. The zero-order chi connectivity index (χ0) is 15.7. The molecule has 1 aliphatic rings. The number of carbonyl (C=O) groups is 2. The highest BCUT2D eigenvalue weighted by Crippen LogP contribution is 2.18. The summed E-state index contributed by atoms with van der Waals surface area (Å²) in [6.45, 7) is 0.499. The lowest BCUT2D eigenvalue weighted by molar-refractivity contribution is -0.148. The van der Waals surface area contributed by atoms with Crippen molar-refractivity contribution in [1.29, 1.82) is 0 Å². The Hall–Kier alpha value is -2.63. The first-order chi connectivity index (χ1) is 10.6. The molecule has 1 atom stereocenters. The van der Waals surface area contributed by atoms with Gasteiger partial charge in [0.25, 0.3) is 0 Å². The first-order valence-corrected chi connectivity index (χ1v) is 7.18. The van der Waals surface area contributed by atoms with Gasteiger partial charge in [-0.15, -0.1) is 0 Å². The predicted molar refractivity (Wildman–Crippen MR) is 80.6 cm³/mol. The second-order valence-electron chi connectivity index (χ2n) is 5.41. The van der Waals surface area contributed by atoms with Gasteiger partial charge in [-0.1, -0.05) is 12.1 Å². The summed E-state index contributed by atoms with van der Waals surface area (Å²) >= 11 is 0. The summed E-state index contributed by atoms with van der Waals surface area (Å²) in [6, 6.07) is 7.76. The normalized spacial score (nSPS) is 17.8. The van der Waals surface area contributed by atoms with Crippen molar-refractivity contribution >= 4 is 22.8 Å². The third-order valence-corrected chi connectivity index (χ3v) is 4.05. The van der Waals surface area contributed by atoms with Crippen molar-refractivity contribution in [3.63, 3.8) is 0 Å². The highest BCUT2D eigenvalue weighted by molar-refractivity contribution is 5.86. The number of hydrogen-bond acceptors (Lipinski definition) is 3. The summed E-state index contributed by atoms with van der Waals surface area (Å²) in [4.78, 5) is 36.8. The van der Waals surface area contributed by atoms with Gasteiger partial charge < -0.3 is 14.6 Å². The molecule has 1 N–H and O–H groups in total. The maximum Gasteiger partial charge on any atom is 0.326 e. The van der Waals surface area contributed by atoms with Crippen molar-refractivity contribution < 1.29 is 14.7 Å². The first kappa shape index (κ1) is 14.3. The number of amides is 1. The van der Waals surface area contributed by atoms with Gasteiger partial charge in [0, 0.05) is 24.2 Å². The fourth-order valence-electron chi connectivity index (χ4n) is 2.96. The maximum atomic E-state index is 12.4. The minimum Gasteiger partial charge on any atom is -0.480 e. The zero-order valence-corrected chi connectivity index (χ0v) is 11.9. The molecule has 1 unspecified atom stereocenters. The molecule has 1 saturated heterocycles.